The van der Waals surface area contributed by atoms with Crippen molar-refractivity contribution in [2.45, 2.75) is 58.8 Å². The fraction of sp³-hybridized carbons (Fsp3) is 0.524. The Hall–Kier alpha value is -3.15. The molecule has 0 bridgehead atoms. The molecule has 1 fully saturated rings. The monoisotopic (exact) mass is 484 g/mol. The van der Waals surface area contributed by atoms with Gasteiger partial charge in [0.15, 0.2) is 0 Å². The van der Waals surface area contributed by atoms with E-state index >= 15 is 0 Å². The number of rotatable bonds is 4. The smallest absolute Gasteiger partial charge is 0.426 e. The van der Waals surface area contributed by atoms with E-state index in [1.165, 1.54) is 17.0 Å². The Kier molecular flexibility index (Phi) is 8.06. The van der Waals surface area contributed by atoms with E-state index in [0.29, 0.717) is 0 Å². The third kappa shape index (κ3) is 8.37. The Labute approximate surface area is 197 Å². The molecule has 0 aliphatic carbocycles. The number of nitrogens with one attached hydrogen (secondary N) is 3. The minimum absolute atomic E-state index is 0.0144. The van der Waals surface area contributed by atoms with E-state index in [1.54, 1.807) is 41.5 Å². The van der Waals surface area contributed by atoms with Crippen LogP contribution < -0.4 is 21.1 Å². The normalized spacial score (nSPS) is 16.0. The zero-order chi connectivity index (χ0) is 25.0. The van der Waals surface area contributed by atoms with Gasteiger partial charge >= 0.3 is 18.3 Å². The van der Waals surface area contributed by atoms with Crippen LogP contribution in [0.25, 0.3) is 0 Å². The van der Waals surface area contributed by atoms with Gasteiger partial charge in [-0.15, -0.1) is 0 Å². The summed E-state index contributed by atoms with van der Waals surface area (Å²) in [5, 5.41) is 2.54. The van der Waals surface area contributed by atoms with Gasteiger partial charge in [0.1, 0.15) is 28.1 Å². The molecule has 10 nitrogen and oxygen atoms in total. The first-order valence-electron chi connectivity index (χ1n) is 10.2. The summed E-state index contributed by atoms with van der Waals surface area (Å²) < 4.78 is 30.1. The van der Waals surface area contributed by atoms with E-state index in [2.05, 4.69) is 16.2 Å². The highest BCUT2D eigenvalue weighted by Crippen LogP contribution is 2.24. The summed E-state index contributed by atoms with van der Waals surface area (Å²) in [7, 11) is 0. The number of alkyl carbamates (subject to hydrolysis) is 1. The number of cyclic esters (lactones) is 1. The predicted octanol–water partition coefficient (Wildman–Crippen LogP) is 3.38. The molecule has 33 heavy (non-hydrogen) atoms. The molecule has 182 valence electrons. The van der Waals surface area contributed by atoms with Gasteiger partial charge in [0.05, 0.1) is 18.8 Å². The maximum Gasteiger partial charge on any atom is 0.426 e. The molecule has 1 aromatic rings. The largest absolute Gasteiger partial charge is 0.444 e. The summed E-state index contributed by atoms with van der Waals surface area (Å²) in [6, 6.07) is 3.99. The summed E-state index contributed by atoms with van der Waals surface area (Å²) in [6.07, 6.45) is -2.71. The van der Waals surface area contributed by atoms with Crippen LogP contribution in [0.5, 0.6) is 0 Å². The molecule has 0 saturated carbocycles. The number of hydrogen-bond donors (Lipinski definition) is 3. The number of nitrogens with zero attached hydrogens (tertiary/aromatic N) is 1. The maximum atomic E-state index is 14.7. The first kappa shape index (κ1) is 26.1. The summed E-state index contributed by atoms with van der Waals surface area (Å²) >= 11 is 5.11. The molecular weight excluding hydrogens is 455 g/mol. The quantitative estimate of drug-likeness (QED) is 0.338. The molecule has 3 N–H and O–H groups in total. The Morgan fingerprint density at radius 2 is 1.73 bits per heavy atom. The van der Waals surface area contributed by atoms with Crippen molar-refractivity contribution in [2.75, 3.05) is 18.0 Å². The number of ether oxygens (including phenoxy) is 3. The highest BCUT2D eigenvalue weighted by atomic mass is 32.1. The van der Waals surface area contributed by atoms with Crippen LogP contribution in [0, 0.1) is 5.82 Å². The van der Waals surface area contributed by atoms with Gasteiger partial charge in [-0.25, -0.2) is 24.2 Å². The third-order valence-electron chi connectivity index (χ3n) is 3.93. The summed E-state index contributed by atoms with van der Waals surface area (Å²) in [6.45, 7) is 10.4. The molecule has 1 atom stereocenters. The number of carbonyl (C=O) groups excluding carboxylic acids is 3. The Morgan fingerprint density at radius 3 is 2.30 bits per heavy atom. The highest BCUT2D eigenvalue weighted by molar-refractivity contribution is 7.80. The summed E-state index contributed by atoms with van der Waals surface area (Å²) in [5.41, 5.74) is 3.57. The molecule has 3 amide bonds. The molecule has 1 heterocycles. The lowest BCUT2D eigenvalue weighted by atomic mass is 10.1. The highest BCUT2D eigenvalue weighted by Gasteiger charge is 2.33. The van der Waals surface area contributed by atoms with Gasteiger partial charge in [0.25, 0.3) is 0 Å². The van der Waals surface area contributed by atoms with Gasteiger partial charge in [-0.3, -0.25) is 10.3 Å². The van der Waals surface area contributed by atoms with Gasteiger partial charge in [0.2, 0.25) is 0 Å². The molecule has 0 unspecified atom stereocenters. The van der Waals surface area contributed by atoms with Crippen LogP contribution in [0.3, 0.4) is 0 Å². The van der Waals surface area contributed by atoms with Crippen LogP contribution in [-0.4, -0.2) is 53.7 Å². The van der Waals surface area contributed by atoms with Crippen LogP contribution in [-0.2, 0) is 14.2 Å². The fourth-order valence-corrected chi connectivity index (χ4v) is 2.90. The number of carbonyl (C=O) groups is 3. The lowest BCUT2D eigenvalue weighted by Crippen LogP contribution is -2.44. The van der Waals surface area contributed by atoms with Gasteiger partial charge in [0, 0.05) is 5.56 Å². The number of hydrazine groups is 1. The molecule has 1 aliphatic heterocycles. The van der Waals surface area contributed by atoms with E-state index in [0.717, 1.165) is 6.07 Å². The minimum atomic E-state index is -0.771. The topological polar surface area (TPSA) is 118 Å². The number of benzene rings is 1. The van der Waals surface area contributed by atoms with Gasteiger partial charge in [-0.1, -0.05) is 12.2 Å². The predicted molar refractivity (Wildman–Crippen MR) is 122 cm³/mol. The average molecular weight is 485 g/mol. The molecule has 2 rings (SSSR count). The van der Waals surface area contributed by atoms with Crippen molar-refractivity contribution in [2.24, 2.45) is 0 Å². The van der Waals surface area contributed by atoms with E-state index in [4.69, 9.17) is 26.4 Å². The first-order chi connectivity index (χ1) is 15.1. The number of halogens is 1. The molecule has 1 saturated heterocycles. The van der Waals surface area contributed by atoms with E-state index < -0.39 is 41.4 Å². The van der Waals surface area contributed by atoms with E-state index in [1.807, 2.05) is 0 Å². The van der Waals surface area contributed by atoms with Crippen LogP contribution in [0.15, 0.2) is 18.2 Å². The van der Waals surface area contributed by atoms with Gasteiger partial charge < -0.3 is 19.5 Å². The van der Waals surface area contributed by atoms with Crippen molar-refractivity contribution >= 4 is 41.2 Å². The Balaban J connectivity index is 1.94. The van der Waals surface area contributed by atoms with Gasteiger partial charge in [-0.05, 0) is 59.7 Å². The zero-order valence-corrected chi connectivity index (χ0v) is 20.2. The number of amides is 3. The summed E-state index contributed by atoms with van der Waals surface area (Å²) in [5.74, 6) is -0.709. The van der Waals surface area contributed by atoms with Crippen molar-refractivity contribution in [3.63, 3.8) is 0 Å². The van der Waals surface area contributed by atoms with E-state index in [9.17, 15) is 18.8 Å². The van der Waals surface area contributed by atoms with Crippen molar-refractivity contribution in [1.82, 2.24) is 16.2 Å². The lowest BCUT2D eigenvalue weighted by molar-refractivity contribution is 0.0492. The van der Waals surface area contributed by atoms with Crippen molar-refractivity contribution < 1.29 is 33.0 Å². The summed E-state index contributed by atoms with van der Waals surface area (Å²) in [4.78, 5) is 36.8. The van der Waals surface area contributed by atoms with Crippen LogP contribution in [0.1, 0.15) is 47.1 Å². The first-order valence-corrected chi connectivity index (χ1v) is 10.6. The maximum absolute atomic E-state index is 14.7. The second kappa shape index (κ2) is 10.2. The molecule has 0 radical (unpaired) electrons. The third-order valence-corrected chi connectivity index (χ3v) is 4.25. The molecule has 0 spiro atoms. The number of thiocarbonyl (C=S) groups is 1. The van der Waals surface area contributed by atoms with Crippen LogP contribution in [0.2, 0.25) is 0 Å². The van der Waals surface area contributed by atoms with Crippen molar-refractivity contribution in [1.29, 1.82) is 0 Å². The Morgan fingerprint density at radius 1 is 1.12 bits per heavy atom. The second-order valence-electron chi connectivity index (χ2n) is 9.24. The molecular formula is C21H29FN4O6S. The second-order valence-corrected chi connectivity index (χ2v) is 9.65. The zero-order valence-electron chi connectivity index (χ0n) is 19.4. The SMILES string of the molecule is CC(C)(C)OC(=O)NC[C@H]1CN(c2ccc(C(=S)NNC(=O)OC(C)(C)C)c(F)c2)C(=O)O1. The van der Waals surface area contributed by atoms with Crippen molar-refractivity contribution in [3.8, 4) is 0 Å². The molecule has 0 aromatic heterocycles. The Bertz CT molecular complexity index is 928. The molecule has 1 aromatic carbocycles. The average Bonchev–Trinajstić information content (AvgIpc) is 3.02. The fourth-order valence-electron chi connectivity index (χ4n) is 2.68. The minimum Gasteiger partial charge on any atom is -0.444 e. The number of hydrogen-bond acceptors (Lipinski definition) is 7. The van der Waals surface area contributed by atoms with Crippen LogP contribution in [0.4, 0.5) is 24.5 Å². The number of anilines is 1. The van der Waals surface area contributed by atoms with Gasteiger partial charge in [-0.2, -0.15) is 0 Å². The lowest BCUT2D eigenvalue weighted by Gasteiger charge is -2.20. The molecule has 1 aliphatic rings. The van der Waals surface area contributed by atoms with Crippen molar-refractivity contribution in [3.05, 3.63) is 29.6 Å². The van der Waals surface area contributed by atoms with E-state index in [-0.39, 0.29) is 29.3 Å². The molecule has 12 heteroatoms. The standard InChI is InChI=1S/C21H29FN4O6S/c1-20(2,3)31-17(27)23-10-13-11-26(19(29)30-13)12-7-8-14(15(22)9-12)16(33)24-25-18(28)32-21(4,5)6/h7-9,13H,10-11H2,1-6H3,(H,23,27)(H,24,33)(H,25,28)/t13-/m0/s1. The van der Waals surface area contributed by atoms with Crippen LogP contribution >= 0.6 is 12.2 Å².